The normalized spacial score (nSPS) is 22.3. The van der Waals surface area contributed by atoms with Crippen molar-refractivity contribution in [1.82, 2.24) is 30.5 Å². The molecule has 0 aliphatic carbocycles. The largest absolute Gasteiger partial charge is 0.454 e. The zero-order valence-electron chi connectivity index (χ0n) is 27.0. The molecule has 0 spiro atoms. The van der Waals surface area contributed by atoms with Crippen molar-refractivity contribution < 1.29 is 23.9 Å². The molecule has 1 saturated heterocycles. The van der Waals surface area contributed by atoms with Crippen LogP contribution < -0.4 is 10.6 Å². The molecule has 2 heterocycles. The predicted molar refractivity (Wildman–Crippen MR) is 175 cm³/mol. The van der Waals surface area contributed by atoms with Gasteiger partial charge in [-0.05, 0) is 35.6 Å². The molecule has 2 N–H and O–H groups in total. The Balaban J connectivity index is 1.55. The fourth-order valence-electron chi connectivity index (χ4n) is 5.43. The topological polar surface area (TPSA) is 136 Å². The van der Waals surface area contributed by atoms with Crippen molar-refractivity contribution in [3.05, 3.63) is 95.3 Å². The maximum absolute atomic E-state index is 13.1. The molecular formula is C35H42N6O5. The molecule has 11 heteroatoms. The second-order valence-electron chi connectivity index (χ2n) is 12.0. The maximum atomic E-state index is 13.1. The summed E-state index contributed by atoms with van der Waals surface area (Å²) in [5.41, 5.74) is 3.99. The third kappa shape index (κ3) is 8.77. The minimum absolute atomic E-state index is 0.0984. The summed E-state index contributed by atoms with van der Waals surface area (Å²) in [4.78, 5) is 53.4. The van der Waals surface area contributed by atoms with E-state index in [4.69, 9.17) is 4.74 Å². The molecule has 0 unspecified atom stereocenters. The Bertz CT molecular complexity index is 1600. The van der Waals surface area contributed by atoms with Crippen LogP contribution in [0.1, 0.15) is 62.6 Å². The smallest absolute Gasteiger partial charge is 0.326 e. The number of ether oxygens (including phenoxy) is 1. The molecule has 2 aromatic carbocycles. The van der Waals surface area contributed by atoms with Gasteiger partial charge < -0.3 is 20.3 Å². The Kier molecular flexibility index (Phi) is 11.2. The number of hydrogen-bond acceptors (Lipinski definition) is 7. The van der Waals surface area contributed by atoms with E-state index >= 15 is 0 Å². The van der Waals surface area contributed by atoms with Crippen LogP contribution in [0.2, 0.25) is 0 Å². The summed E-state index contributed by atoms with van der Waals surface area (Å²) in [6.07, 6.45) is 4.77. The van der Waals surface area contributed by atoms with E-state index in [9.17, 15) is 19.2 Å². The highest BCUT2D eigenvalue weighted by Gasteiger charge is 2.34. The zero-order chi connectivity index (χ0) is 33.4. The number of nitrogens with one attached hydrogen (secondary N) is 2. The third-order valence-corrected chi connectivity index (χ3v) is 7.98. The van der Waals surface area contributed by atoms with Crippen LogP contribution in [0.4, 0.5) is 0 Å². The number of benzene rings is 2. The SMILES string of the molecule is C=C1CC(=O)N[C@@H](C)C(=O)N(C)[C@@H](C(C)C)C(=O)NCC(=O)O[C@@H](c2cn(Cc3cccc(/C=C/c4ccccc4)c3)nn2)[C@@H]1C. The minimum atomic E-state index is -0.925. The summed E-state index contributed by atoms with van der Waals surface area (Å²) < 4.78 is 7.50. The van der Waals surface area contributed by atoms with Crippen LogP contribution in [-0.4, -0.2) is 69.3 Å². The Morgan fingerprint density at radius 1 is 1.02 bits per heavy atom. The lowest BCUT2D eigenvalue weighted by Gasteiger charge is -2.32. The van der Waals surface area contributed by atoms with Gasteiger partial charge in [0.05, 0.1) is 12.7 Å². The number of esters is 1. The molecule has 3 aromatic rings. The Morgan fingerprint density at radius 3 is 2.43 bits per heavy atom. The molecule has 1 fully saturated rings. The van der Waals surface area contributed by atoms with Crippen molar-refractivity contribution >= 4 is 35.8 Å². The first-order valence-electron chi connectivity index (χ1n) is 15.4. The maximum Gasteiger partial charge on any atom is 0.326 e. The summed E-state index contributed by atoms with van der Waals surface area (Å²) in [5.74, 6) is -2.84. The van der Waals surface area contributed by atoms with Crippen LogP contribution in [0.15, 0.2) is 72.9 Å². The van der Waals surface area contributed by atoms with Gasteiger partial charge in [0.2, 0.25) is 17.7 Å². The van der Waals surface area contributed by atoms with Gasteiger partial charge >= 0.3 is 5.97 Å². The van der Waals surface area contributed by atoms with Gasteiger partial charge in [-0.2, -0.15) is 0 Å². The monoisotopic (exact) mass is 626 g/mol. The Hall–Kier alpha value is -5.06. The Morgan fingerprint density at radius 2 is 1.72 bits per heavy atom. The minimum Gasteiger partial charge on any atom is -0.454 e. The fourth-order valence-corrected chi connectivity index (χ4v) is 5.43. The summed E-state index contributed by atoms with van der Waals surface area (Å²) in [7, 11) is 1.50. The molecule has 1 aromatic heterocycles. The summed E-state index contributed by atoms with van der Waals surface area (Å²) >= 11 is 0. The van der Waals surface area contributed by atoms with E-state index in [1.807, 2.05) is 60.7 Å². The van der Waals surface area contributed by atoms with E-state index in [1.54, 1.807) is 38.6 Å². The third-order valence-electron chi connectivity index (χ3n) is 7.98. The lowest BCUT2D eigenvalue weighted by Crippen LogP contribution is -2.55. The number of aromatic nitrogens is 3. The lowest BCUT2D eigenvalue weighted by molar-refractivity contribution is -0.152. The van der Waals surface area contributed by atoms with Gasteiger partial charge in [-0.1, -0.05) is 98.8 Å². The van der Waals surface area contributed by atoms with E-state index in [0.29, 0.717) is 17.8 Å². The molecule has 0 radical (unpaired) electrons. The first-order chi connectivity index (χ1) is 21.9. The molecule has 0 bridgehead atoms. The van der Waals surface area contributed by atoms with E-state index in [2.05, 4.69) is 33.6 Å². The molecule has 242 valence electrons. The van der Waals surface area contributed by atoms with Crippen LogP contribution in [0.3, 0.4) is 0 Å². The zero-order valence-corrected chi connectivity index (χ0v) is 27.0. The number of likely N-dealkylation sites (N-methyl/N-ethyl adjacent to an activating group) is 1. The van der Waals surface area contributed by atoms with Crippen molar-refractivity contribution in [1.29, 1.82) is 0 Å². The highest BCUT2D eigenvalue weighted by Crippen LogP contribution is 2.31. The highest BCUT2D eigenvalue weighted by molar-refractivity contribution is 5.93. The average Bonchev–Trinajstić information content (AvgIpc) is 3.48. The summed E-state index contributed by atoms with van der Waals surface area (Å²) in [6.45, 7) is 11.0. The van der Waals surface area contributed by atoms with Gasteiger partial charge in [-0.3, -0.25) is 19.2 Å². The van der Waals surface area contributed by atoms with Gasteiger partial charge in [-0.25, -0.2) is 4.68 Å². The van der Waals surface area contributed by atoms with Crippen LogP contribution in [0.5, 0.6) is 0 Å². The first-order valence-corrected chi connectivity index (χ1v) is 15.4. The standard InChI is InChI=1S/C35H42N6O5/c1-22(2)32-34(44)36-19-31(43)46-33(24(4)23(3)17-30(42)37-25(5)35(45)40(32)6)29-21-41(39-38-29)20-28-14-10-13-27(18-28)16-15-26-11-8-7-9-12-26/h7-16,18,21-22,24-25,32-33H,3,17,19-20H2,1-2,4-6H3,(H,36,44)(H,37,42)/b16-15+/t24-,25+,32+,33-/m1/s1. The lowest BCUT2D eigenvalue weighted by atomic mass is 9.92. The van der Waals surface area contributed by atoms with Gasteiger partial charge in [-0.15, -0.1) is 5.10 Å². The molecule has 11 nitrogen and oxygen atoms in total. The van der Waals surface area contributed by atoms with Gasteiger partial charge in [0.1, 0.15) is 24.3 Å². The van der Waals surface area contributed by atoms with Gasteiger partial charge in [0, 0.05) is 19.4 Å². The number of carbonyl (C=O) groups excluding carboxylic acids is 4. The molecule has 0 saturated carbocycles. The van der Waals surface area contributed by atoms with Crippen LogP contribution in [-0.2, 0) is 30.5 Å². The highest BCUT2D eigenvalue weighted by atomic mass is 16.5. The van der Waals surface area contributed by atoms with Gasteiger partial charge in [0.25, 0.3) is 0 Å². The quantitative estimate of drug-likeness (QED) is 0.242. The number of carbonyl (C=O) groups is 4. The molecule has 4 atom stereocenters. The summed E-state index contributed by atoms with van der Waals surface area (Å²) in [5, 5.41) is 13.9. The van der Waals surface area contributed by atoms with E-state index in [-0.39, 0.29) is 12.3 Å². The van der Waals surface area contributed by atoms with E-state index in [0.717, 1.165) is 16.7 Å². The van der Waals surface area contributed by atoms with Crippen molar-refractivity contribution in [3.8, 4) is 0 Å². The van der Waals surface area contributed by atoms with Gasteiger partial charge in [0.15, 0.2) is 6.10 Å². The van der Waals surface area contributed by atoms with Crippen molar-refractivity contribution in [2.24, 2.45) is 11.8 Å². The molecule has 1 aliphatic rings. The first kappa shape index (κ1) is 33.8. The fraction of sp³-hybridized carbons (Fsp3) is 0.371. The van der Waals surface area contributed by atoms with Crippen LogP contribution >= 0.6 is 0 Å². The van der Waals surface area contributed by atoms with E-state index < -0.39 is 54.3 Å². The molecule has 1 aliphatic heterocycles. The number of cyclic esters (lactones) is 1. The predicted octanol–water partition coefficient (Wildman–Crippen LogP) is 3.78. The molecular weight excluding hydrogens is 584 g/mol. The van der Waals surface area contributed by atoms with Crippen molar-refractivity contribution in [2.45, 2.75) is 58.8 Å². The van der Waals surface area contributed by atoms with E-state index in [1.165, 1.54) is 11.9 Å². The molecule has 4 rings (SSSR count). The number of nitrogens with zero attached hydrogens (tertiary/aromatic N) is 4. The van der Waals surface area contributed by atoms with Crippen molar-refractivity contribution in [3.63, 3.8) is 0 Å². The number of hydrogen-bond donors (Lipinski definition) is 2. The van der Waals surface area contributed by atoms with Crippen LogP contribution in [0.25, 0.3) is 12.2 Å². The Labute approximate surface area is 269 Å². The van der Waals surface area contributed by atoms with Crippen LogP contribution in [0, 0.1) is 11.8 Å². The second kappa shape index (κ2) is 15.3. The number of amides is 3. The molecule has 3 amide bonds. The average molecular weight is 627 g/mol. The number of rotatable bonds is 6. The second-order valence-corrected chi connectivity index (χ2v) is 12.0. The molecule has 46 heavy (non-hydrogen) atoms. The van der Waals surface area contributed by atoms with Crippen molar-refractivity contribution in [2.75, 3.05) is 13.6 Å². The summed E-state index contributed by atoms with van der Waals surface area (Å²) in [6, 6.07) is 16.3.